The van der Waals surface area contributed by atoms with Gasteiger partial charge in [0.25, 0.3) is 5.91 Å². The van der Waals surface area contributed by atoms with E-state index in [1.807, 2.05) is 45.0 Å². The number of rotatable bonds is 9. The SMILES string of the molecule is CCC(C)NC(=O)C(C)N(Cc1cccc(C)c1)C(=O)COc1ccc(Cl)cc1Br. The smallest absolute Gasteiger partial charge is 0.261 e. The Hall–Kier alpha value is -2.05. The molecule has 1 N–H and O–H groups in total. The number of aryl methyl sites for hydroxylation is 1. The molecule has 7 heteroatoms. The van der Waals surface area contributed by atoms with Gasteiger partial charge in [-0.25, -0.2) is 0 Å². The lowest BCUT2D eigenvalue weighted by molar-refractivity contribution is -0.142. The summed E-state index contributed by atoms with van der Waals surface area (Å²) >= 11 is 9.34. The number of nitrogens with one attached hydrogen (secondary N) is 1. The van der Waals surface area contributed by atoms with Gasteiger partial charge in [0.05, 0.1) is 4.47 Å². The summed E-state index contributed by atoms with van der Waals surface area (Å²) in [6.07, 6.45) is 0.817. The summed E-state index contributed by atoms with van der Waals surface area (Å²) in [4.78, 5) is 27.3. The van der Waals surface area contributed by atoms with Crippen LogP contribution in [0, 0.1) is 6.92 Å². The molecule has 0 aromatic heterocycles. The number of nitrogens with zero attached hydrogens (tertiary/aromatic N) is 1. The first-order valence-corrected chi connectivity index (χ1v) is 11.1. The van der Waals surface area contributed by atoms with Crippen LogP contribution in [0.5, 0.6) is 5.75 Å². The molecule has 0 spiro atoms. The van der Waals surface area contributed by atoms with Crippen LogP contribution < -0.4 is 10.1 Å². The lowest BCUT2D eigenvalue weighted by Crippen LogP contribution is -2.50. The van der Waals surface area contributed by atoms with Crippen molar-refractivity contribution in [2.45, 2.75) is 52.7 Å². The Labute approximate surface area is 191 Å². The van der Waals surface area contributed by atoms with Gasteiger partial charge in [-0.2, -0.15) is 0 Å². The third-order valence-corrected chi connectivity index (χ3v) is 5.70. The van der Waals surface area contributed by atoms with Crippen molar-refractivity contribution in [3.8, 4) is 5.75 Å². The van der Waals surface area contributed by atoms with E-state index in [1.165, 1.54) is 0 Å². The van der Waals surface area contributed by atoms with Crippen LogP contribution in [-0.4, -0.2) is 35.4 Å². The molecule has 0 bridgehead atoms. The van der Waals surface area contributed by atoms with Crippen molar-refractivity contribution in [3.05, 3.63) is 63.1 Å². The van der Waals surface area contributed by atoms with E-state index in [0.717, 1.165) is 17.5 Å². The van der Waals surface area contributed by atoms with Crippen LogP contribution in [0.1, 0.15) is 38.3 Å². The molecule has 2 atom stereocenters. The predicted octanol–water partition coefficient (Wildman–Crippen LogP) is 5.12. The van der Waals surface area contributed by atoms with Crippen molar-refractivity contribution in [1.29, 1.82) is 0 Å². The Morgan fingerprint density at radius 3 is 2.57 bits per heavy atom. The van der Waals surface area contributed by atoms with Crippen molar-refractivity contribution >= 4 is 39.3 Å². The fraction of sp³-hybridized carbons (Fsp3) is 0.391. The molecular weight excluding hydrogens is 468 g/mol. The highest BCUT2D eigenvalue weighted by Crippen LogP contribution is 2.28. The molecule has 0 radical (unpaired) electrons. The second kappa shape index (κ2) is 11.4. The van der Waals surface area contributed by atoms with E-state index in [0.29, 0.717) is 21.8 Å². The van der Waals surface area contributed by atoms with Gasteiger partial charge in [-0.1, -0.05) is 48.4 Å². The van der Waals surface area contributed by atoms with Gasteiger partial charge in [0.15, 0.2) is 6.61 Å². The Kier molecular flexibility index (Phi) is 9.18. The molecule has 2 aromatic rings. The number of hydrogen-bond acceptors (Lipinski definition) is 3. The van der Waals surface area contributed by atoms with Crippen molar-refractivity contribution in [2.75, 3.05) is 6.61 Å². The van der Waals surface area contributed by atoms with Gasteiger partial charge >= 0.3 is 0 Å². The minimum Gasteiger partial charge on any atom is -0.483 e. The molecule has 5 nitrogen and oxygen atoms in total. The molecule has 2 aromatic carbocycles. The molecule has 0 saturated heterocycles. The first-order valence-electron chi connectivity index (χ1n) is 9.94. The van der Waals surface area contributed by atoms with Gasteiger partial charge in [0.1, 0.15) is 11.8 Å². The number of hydrogen-bond donors (Lipinski definition) is 1. The van der Waals surface area contributed by atoms with Gasteiger partial charge in [0, 0.05) is 17.6 Å². The van der Waals surface area contributed by atoms with Crippen molar-refractivity contribution < 1.29 is 14.3 Å². The van der Waals surface area contributed by atoms with E-state index in [1.54, 1.807) is 30.0 Å². The van der Waals surface area contributed by atoms with Crippen LogP contribution in [0.2, 0.25) is 5.02 Å². The van der Waals surface area contributed by atoms with Crippen molar-refractivity contribution in [3.63, 3.8) is 0 Å². The number of amides is 2. The lowest BCUT2D eigenvalue weighted by atomic mass is 10.1. The molecule has 2 unspecified atom stereocenters. The summed E-state index contributed by atoms with van der Waals surface area (Å²) in [5, 5.41) is 3.52. The molecule has 0 heterocycles. The van der Waals surface area contributed by atoms with Gasteiger partial charge in [-0.3, -0.25) is 9.59 Å². The average molecular weight is 496 g/mol. The van der Waals surface area contributed by atoms with Gasteiger partial charge in [-0.15, -0.1) is 0 Å². The normalized spacial score (nSPS) is 12.7. The Morgan fingerprint density at radius 2 is 1.93 bits per heavy atom. The number of benzene rings is 2. The minimum atomic E-state index is -0.635. The summed E-state index contributed by atoms with van der Waals surface area (Å²) in [6.45, 7) is 7.81. The van der Waals surface area contributed by atoms with Gasteiger partial charge < -0.3 is 15.0 Å². The zero-order chi connectivity index (χ0) is 22.3. The van der Waals surface area contributed by atoms with Crippen molar-refractivity contribution in [1.82, 2.24) is 10.2 Å². The second-order valence-electron chi connectivity index (χ2n) is 7.37. The molecule has 2 rings (SSSR count). The summed E-state index contributed by atoms with van der Waals surface area (Å²) in [7, 11) is 0. The fourth-order valence-corrected chi connectivity index (χ4v) is 3.67. The predicted molar refractivity (Wildman–Crippen MR) is 124 cm³/mol. The molecular formula is C23H28BrClN2O3. The molecule has 0 saturated carbocycles. The van der Waals surface area contributed by atoms with E-state index in [2.05, 4.69) is 21.2 Å². The Bertz CT molecular complexity index is 891. The maximum absolute atomic E-state index is 13.1. The van der Waals surface area contributed by atoms with Crippen molar-refractivity contribution in [2.24, 2.45) is 0 Å². The summed E-state index contributed by atoms with van der Waals surface area (Å²) in [5.41, 5.74) is 2.05. The highest BCUT2D eigenvalue weighted by Gasteiger charge is 2.27. The van der Waals surface area contributed by atoms with Gasteiger partial charge in [-0.05, 0) is 66.9 Å². The highest BCUT2D eigenvalue weighted by molar-refractivity contribution is 9.10. The Balaban J connectivity index is 2.18. The topological polar surface area (TPSA) is 58.6 Å². The number of carbonyl (C=O) groups is 2. The molecule has 0 aliphatic heterocycles. The van der Waals surface area contributed by atoms with Crippen LogP contribution in [-0.2, 0) is 16.1 Å². The van der Waals surface area contributed by atoms with Crippen LogP contribution in [0.3, 0.4) is 0 Å². The molecule has 162 valence electrons. The zero-order valence-corrected chi connectivity index (χ0v) is 20.1. The molecule has 2 amide bonds. The van der Waals surface area contributed by atoms with E-state index in [4.69, 9.17) is 16.3 Å². The molecule has 0 aliphatic carbocycles. The second-order valence-corrected chi connectivity index (χ2v) is 8.66. The molecule has 0 aliphatic rings. The van der Waals surface area contributed by atoms with E-state index in [9.17, 15) is 9.59 Å². The Morgan fingerprint density at radius 1 is 1.20 bits per heavy atom. The molecule has 0 fully saturated rings. The third-order valence-electron chi connectivity index (χ3n) is 4.85. The lowest BCUT2D eigenvalue weighted by Gasteiger charge is -2.29. The first kappa shape index (κ1) is 24.2. The maximum Gasteiger partial charge on any atom is 0.261 e. The highest BCUT2D eigenvalue weighted by atomic mass is 79.9. The first-order chi connectivity index (χ1) is 14.2. The maximum atomic E-state index is 13.1. The zero-order valence-electron chi connectivity index (χ0n) is 17.7. The van der Waals surface area contributed by atoms with Crippen LogP contribution >= 0.6 is 27.5 Å². The summed E-state index contributed by atoms with van der Waals surface area (Å²) in [6, 6.07) is 12.4. The van der Waals surface area contributed by atoms with E-state index >= 15 is 0 Å². The monoisotopic (exact) mass is 494 g/mol. The van der Waals surface area contributed by atoms with Gasteiger partial charge in [0.2, 0.25) is 5.91 Å². The molecule has 30 heavy (non-hydrogen) atoms. The standard InChI is InChI=1S/C23H28BrClN2O3/c1-5-16(3)26-23(29)17(4)27(13-18-8-6-7-15(2)11-18)22(28)14-30-21-10-9-19(25)12-20(21)24/h6-12,16-17H,5,13-14H2,1-4H3,(H,26,29). The van der Waals surface area contributed by atoms with E-state index in [-0.39, 0.29) is 24.5 Å². The largest absolute Gasteiger partial charge is 0.483 e. The van der Waals surface area contributed by atoms with Crippen LogP contribution in [0.15, 0.2) is 46.9 Å². The summed E-state index contributed by atoms with van der Waals surface area (Å²) in [5.74, 6) is 0.0585. The van der Waals surface area contributed by atoms with E-state index < -0.39 is 6.04 Å². The average Bonchev–Trinajstić information content (AvgIpc) is 2.70. The summed E-state index contributed by atoms with van der Waals surface area (Å²) < 4.78 is 6.36. The quantitative estimate of drug-likeness (QED) is 0.525. The number of halogens is 2. The van der Waals surface area contributed by atoms with Crippen LogP contribution in [0.4, 0.5) is 0 Å². The third kappa shape index (κ3) is 7.03. The fourth-order valence-electron chi connectivity index (χ4n) is 2.87. The number of ether oxygens (including phenoxy) is 1. The van der Waals surface area contributed by atoms with Crippen LogP contribution in [0.25, 0.3) is 0 Å². The number of carbonyl (C=O) groups excluding carboxylic acids is 2. The minimum absolute atomic E-state index is 0.0390.